The zero-order chi connectivity index (χ0) is 28.4. The molecule has 0 aliphatic heterocycles. The molecule has 0 spiro atoms. The SMILES string of the molecule is CC(C)C(NC(=O)C(Cc1cnc[nH]1)NC(=O)C(N)Cc1cnc[nH]1)C(=O)NC(Cc1ccccc1)C(=O)O. The monoisotopic (exact) mass is 538 g/mol. The number of aromatic amines is 2. The maximum absolute atomic E-state index is 13.4. The van der Waals surface area contributed by atoms with Gasteiger partial charge in [-0.15, -0.1) is 0 Å². The maximum atomic E-state index is 13.4. The van der Waals surface area contributed by atoms with Crippen molar-refractivity contribution in [2.75, 3.05) is 0 Å². The van der Waals surface area contributed by atoms with E-state index in [0.717, 1.165) is 5.56 Å². The van der Waals surface area contributed by atoms with Gasteiger partial charge >= 0.3 is 5.97 Å². The van der Waals surface area contributed by atoms with Gasteiger partial charge in [0.15, 0.2) is 0 Å². The second-order valence-corrected chi connectivity index (χ2v) is 9.55. The van der Waals surface area contributed by atoms with Crippen LogP contribution in [0.4, 0.5) is 0 Å². The van der Waals surface area contributed by atoms with E-state index in [1.165, 1.54) is 18.9 Å². The Morgan fingerprint density at radius 3 is 1.95 bits per heavy atom. The summed E-state index contributed by atoms with van der Waals surface area (Å²) in [4.78, 5) is 64.8. The quantitative estimate of drug-likeness (QED) is 0.144. The lowest BCUT2D eigenvalue weighted by Crippen LogP contribution is -2.59. The van der Waals surface area contributed by atoms with Crippen LogP contribution >= 0.6 is 0 Å². The second kappa shape index (κ2) is 13.9. The van der Waals surface area contributed by atoms with Crippen molar-refractivity contribution in [3.8, 4) is 0 Å². The molecule has 2 heterocycles. The third-order valence-corrected chi connectivity index (χ3v) is 6.09. The van der Waals surface area contributed by atoms with E-state index in [4.69, 9.17) is 5.73 Å². The number of carbonyl (C=O) groups excluding carboxylic acids is 3. The van der Waals surface area contributed by atoms with Gasteiger partial charge in [0.25, 0.3) is 0 Å². The van der Waals surface area contributed by atoms with Crippen LogP contribution in [0.15, 0.2) is 55.4 Å². The zero-order valence-electron chi connectivity index (χ0n) is 21.8. The minimum atomic E-state index is -1.20. The number of benzene rings is 1. The van der Waals surface area contributed by atoms with Crippen LogP contribution in [0.3, 0.4) is 0 Å². The number of aromatic nitrogens is 4. The number of amides is 3. The molecule has 39 heavy (non-hydrogen) atoms. The zero-order valence-corrected chi connectivity index (χ0v) is 21.8. The first-order valence-electron chi connectivity index (χ1n) is 12.5. The molecule has 0 saturated heterocycles. The molecule has 2 aromatic heterocycles. The number of H-pyrrole nitrogens is 2. The molecule has 0 radical (unpaired) electrons. The third-order valence-electron chi connectivity index (χ3n) is 6.09. The van der Waals surface area contributed by atoms with Gasteiger partial charge in [0, 0.05) is 43.0 Å². The van der Waals surface area contributed by atoms with Crippen LogP contribution in [-0.2, 0) is 38.4 Å². The second-order valence-electron chi connectivity index (χ2n) is 9.55. The van der Waals surface area contributed by atoms with Gasteiger partial charge in [0.05, 0.1) is 18.7 Å². The largest absolute Gasteiger partial charge is 0.480 e. The van der Waals surface area contributed by atoms with E-state index < -0.39 is 47.9 Å². The molecule has 13 heteroatoms. The summed E-state index contributed by atoms with van der Waals surface area (Å²) in [7, 11) is 0. The Labute approximate surface area is 225 Å². The van der Waals surface area contributed by atoms with E-state index in [0.29, 0.717) is 11.4 Å². The highest BCUT2D eigenvalue weighted by atomic mass is 16.4. The molecule has 208 valence electrons. The van der Waals surface area contributed by atoms with Crippen LogP contribution in [0.25, 0.3) is 0 Å². The van der Waals surface area contributed by atoms with Crippen LogP contribution < -0.4 is 21.7 Å². The van der Waals surface area contributed by atoms with E-state index in [1.54, 1.807) is 44.3 Å². The number of nitrogens with zero attached hydrogens (tertiary/aromatic N) is 2. The molecule has 4 unspecified atom stereocenters. The molecule has 0 bridgehead atoms. The summed E-state index contributed by atoms with van der Waals surface area (Å²) in [5.41, 5.74) is 8.02. The van der Waals surface area contributed by atoms with E-state index in [2.05, 4.69) is 35.9 Å². The number of nitrogens with one attached hydrogen (secondary N) is 5. The van der Waals surface area contributed by atoms with Gasteiger partial charge in [-0.25, -0.2) is 14.8 Å². The molecule has 3 amide bonds. The summed E-state index contributed by atoms with van der Waals surface area (Å²) in [6.07, 6.45) is 6.30. The Kier molecular flexibility index (Phi) is 10.3. The van der Waals surface area contributed by atoms with Gasteiger partial charge in [0.1, 0.15) is 18.1 Å². The fourth-order valence-corrected chi connectivity index (χ4v) is 3.93. The first-order chi connectivity index (χ1) is 18.6. The molecule has 0 saturated carbocycles. The Balaban J connectivity index is 1.70. The average Bonchev–Trinajstić information content (AvgIpc) is 3.61. The van der Waals surface area contributed by atoms with Crippen molar-refractivity contribution in [2.45, 2.75) is 57.3 Å². The number of carbonyl (C=O) groups is 4. The highest BCUT2D eigenvalue weighted by molar-refractivity contribution is 5.94. The van der Waals surface area contributed by atoms with Gasteiger partial charge in [-0.2, -0.15) is 0 Å². The predicted octanol–water partition coefficient (Wildman–Crippen LogP) is -0.317. The molecule has 3 aromatic rings. The highest BCUT2D eigenvalue weighted by Crippen LogP contribution is 2.09. The molecule has 1 aromatic carbocycles. The summed E-state index contributed by atoms with van der Waals surface area (Å²) < 4.78 is 0. The van der Waals surface area contributed by atoms with E-state index in [-0.39, 0.29) is 25.2 Å². The van der Waals surface area contributed by atoms with Crippen LogP contribution in [0.5, 0.6) is 0 Å². The van der Waals surface area contributed by atoms with Crippen molar-refractivity contribution in [2.24, 2.45) is 11.7 Å². The van der Waals surface area contributed by atoms with Crippen LogP contribution in [0, 0.1) is 5.92 Å². The summed E-state index contributed by atoms with van der Waals surface area (Å²) >= 11 is 0. The lowest BCUT2D eigenvalue weighted by atomic mass is 10.0. The standard InChI is InChI=1S/C26H34N8O5/c1-15(2)22(25(37)33-21(26(38)39)8-16-6-4-3-5-7-16)34-24(36)20(10-18-12-29-14-31-18)32-23(35)19(27)9-17-11-28-13-30-17/h3-7,11-15,19-22H,8-10,27H2,1-2H3,(H,28,30)(H,29,31)(H,32,35)(H,33,37)(H,34,36)(H,38,39). The minimum absolute atomic E-state index is 0.0620. The molecule has 0 aliphatic carbocycles. The number of carboxylic acid groups (broad SMARTS) is 1. The first-order valence-corrected chi connectivity index (χ1v) is 12.5. The lowest BCUT2D eigenvalue weighted by molar-refractivity contribution is -0.142. The van der Waals surface area contributed by atoms with E-state index in [1.807, 2.05) is 6.07 Å². The van der Waals surface area contributed by atoms with Crippen molar-refractivity contribution >= 4 is 23.7 Å². The van der Waals surface area contributed by atoms with Gasteiger partial charge in [0.2, 0.25) is 17.7 Å². The third kappa shape index (κ3) is 8.78. The number of nitrogens with two attached hydrogens (primary N) is 1. The summed E-state index contributed by atoms with van der Waals surface area (Å²) in [5.74, 6) is -3.42. The summed E-state index contributed by atoms with van der Waals surface area (Å²) in [5, 5.41) is 17.6. The number of carboxylic acids is 1. The lowest BCUT2D eigenvalue weighted by Gasteiger charge is -2.27. The van der Waals surface area contributed by atoms with E-state index >= 15 is 0 Å². The maximum Gasteiger partial charge on any atom is 0.326 e. The topological polar surface area (TPSA) is 208 Å². The number of imidazole rings is 2. The molecular weight excluding hydrogens is 504 g/mol. The first kappa shape index (κ1) is 29.0. The average molecular weight is 539 g/mol. The fourth-order valence-electron chi connectivity index (χ4n) is 3.93. The molecule has 3 rings (SSSR count). The number of rotatable bonds is 14. The molecule has 4 atom stereocenters. The predicted molar refractivity (Wildman–Crippen MR) is 141 cm³/mol. The highest BCUT2D eigenvalue weighted by Gasteiger charge is 2.32. The Morgan fingerprint density at radius 1 is 0.821 bits per heavy atom. The summed E-state index contributed by atoms with van der Waals surface area (Å²) in [6, 6.07) is 4.61. The molecule has 0 fully saturated rings. The van der Waals surface area contributed by atoms with E-state index in [9.17, 15) is 24.3 Å². The molecule has 8 N–H and O–H groups in total. The number of hydrogen-bond donors (Lipinski definition) is 7. The Morgan fingerprint density at radius 2 is 1.41 bits per heavy atom. The van der Waals surface area contributed by atoms with Crippen LogP contribution in [-0.4, -0.2) is 72.9 Å². The summed E-state index contributed by atoms with van der Waals surface area (Å²) in [6.45, 7) is 3.45. The number of hydrogen-bond acceptors (Lipinski definition) is 7. The van der Waals surface area contributed by atoms with Crippen molar-refractivity contribution in [3.05, 3.63) is 72.3 Å². The van der Waals surface area contributed by atoms with Crippen LogP contribution in [0.2, 0.25) is 0 Å². The van der Waals surface area contributed by atoms with Crippen molar-refractivity contribution in [1.29, 1.82) is 0 Å². The minimum Gasteiger partial charge on any atom is -0.480 e. The van der Waals surface area contributed by atoms with Crippen molar-refractivity contribution < 1.29 is 24.3 Å². The molecule has 13 nitrogen and oxygen atoms in total. The Bertz CT molecular complexity index is 1210. The van der Waals surface area contributed by atoms with Gasteiger partial charge in [-0.05, 0) is 11.5 Å². The number of aliphatic carboxylic acids is 1. The molecular formula is C26H34N8O5. The Hall–Kier alpha value is -4.52. The van der Waals surface area contributed by atoms with Gasteiger partial charge in [-0.1, -0.05) is 44.2 Å². The molecule has 0 aliphatic rings. The fraction of sp³-hybridized carbons (Fsp3) is 0.385. The van der Waals surface area contributed by atoms with Gasteiger partial charge in [-0.3, -0.25) is 14.4 Å². The smallest absolute Gasteiger partial charge is 0.326 e. The van der Waals surface area contributed by atoms with Gasteiger partial charge < -0.3 is 36.8 Å². The van der Waals surface area contributed by atoms with Crippen LogP contribution in [0.1, 0.15) is 30.8 Å². The normalized spacial score (nSPS) is 14.2. The van der Waals surface area contributed by atoms with Crippen molar-refractivity contribution in [1.82, 2.24) is 35.9 Å². The van der Waals surface area contributed by atoms with Crippen molar-refractivity contribution in [3.63, 3.8) is 0 Å².